The lowest BCUT2D eigenvalue weighted by atomic mass is 10.1. The number of rotatable bonds is 5. The standard InChI is InChI=1S/C13H14Cl3NO/c14-5-6-17(10-2-3-10)13(18)8-9-1-4-11(15)12(16)7-9/h1,4,7,10H,2-3,5-6,8H2. The topological polar surface area (TPSA) is 20.3 Å². The minimum absolute atomic E-state index is 0.108. The Hall–Kier alpha value is -0.440. The number of hydrogen-bond acceptors (Lipinski definition) is 1. The van der Waals surface area contributed by atoms with Gasteiger partial charge in [0.15, 0.2) is 0 Å². The Labute approximate surface area is 122 Å². The van der Waals surface area contributed by atoms with Gasteiger partial charge in [-0.25, -0.2) is 0 Å². The second-order valence-electron chi connectivity index (χ2n) is 4.43. The molecular formula is C13H14Cl3NO. The molecule has 5 heteroatoms. The Kier molecular flexibility index (Phi) is 4.77. The zero-order valence-corrected chi connectivity index (χ0v) is 12.1. The average molecular weight is 307 g/mol. The molecule has 98 valence electrons. The van der Waals surface area contributed by atoms with Crippen LogP contribution in [-0.2, 0) is 11.2 Å². The third-order valence-corrected chi connectivity index (χ3v) is 3.88. The molecule has 0 aromatic heterocycles. The molecule has 0 unspecified atom stereocenters. The van der Waals surface area contributed by atoms with E-state index in [9.17, 15) is 4.79 Å². The first-order chi connectivity index (χ1) is 8.61. The minimum atomic E-state index is 0.108. The summed E-state index contributed by atoms with van der Waals surface area (Å²) in [6, 6.07) is 5.68. The fourth-order valence-corrected chi connectivity index (χ4v) is 2.42. The predicted molar refractivity (Wildman–Crippen MR) is 75.6 cm³/mol. The summed E-state index contributed by atoms with van der Waals surface area (Å²) in [4.78, 5) is 14.0. The van der Waals surface area contributed by atoms with Crippen molar-refractivity contribution in [2.45, 2.75) is 25.3 Å². The van der Waals surface area contributed by atoms with Gasteiger partial charge < -0.3 is 4.90 Å². The molecule has 2 nitrogen and oxygen atoms in total. The van der Waals surface area contributed by atoms with Gasteiger partial charge in [-0.1, -0.05) is 29.3 Å². The summed E-state index contributed by atoms with van der Waals surface area (Å²) in [5.41, 5.74) is 0.884. The molecule has 0 N–H and O–H groups in total. The predicted octanol–water partition coefficient (Wildman–Crippen LogP) is 3.77. The molecule has 0 heterocycles. The van der Waals surface area contributed by atoms with Gasteiger partial charge in [-0.05, 0) is 30.5 Å². The second kappa shape index (κ2) is 6.14. The summed E-state index contributed by atoms with van der Waals surface area (Å²) in [5.74, 6) is 0.584. The molecule has 1 amide bonds. The van der Waals surface area contributed by atoms with Gasteiger partial charge in [0.25, 0.3) is 0 Å². The van der Waals surface area contributed by atoms with Gasteiger partial charge >= 0.3 is 0 Å². The van der Waals surface area contributed by atoms with Crippen LogP contribution in [-0.4, -0.2) is 29.3 Å². The maximum Gasteiger partial charge on any atom is 0.227 e. The molecule has 1 saturated carbocycles. The van der Waals surface area contributed by atoms with Crippen LogP contribution in [0.15, 0.2) is 18.2 Å². The largest absolute Gasteiger partial charge is 0.338 e. The molecule has 18 heavy (non-hydrogen) atoms. The molecule has 1 aliphatic carbocycles. The van der Waals surface area contributed by atoms with Crippen LogP contribution < -0.4 is 0 Å². The van der Waals surface area contributed by atoms with Crippen LogP contribution in [0.25, 0.3) is 0 Å². The Morgan fingerprint density at radius 3 is 2.56 bits per heavy atom. The van der Waals surface area contributed by atoms with Crippen LogP contribution >= 0.6 is 34.8 Å². The highest BCUT2D eigenvalue weighted by molar-refractivity contribution is 6.42. The summed E-state index contributed by atoms with van der Waals surface area (Å²) >= 11 is 17.5. The van der Waals surface area contributed by atoms with Crippen molar-refractivity contribution in [1.82, 2.24) is 4.90 Å². The Morgan fingerprint density at radius 2 is 2.00 bits per heavy atom. The van der Waals surface area contributed by atoms with E-state index in [2.05, 4.69) is 0 Å². The van der Waals surface area contributed by atoms with Crippen LogP contribution in [0.2, 0.25) is 10.0 Å². The number of carbonyl (C=O) groups excluding carboxylic acids is 1. The maximum absolute atomic E-state index is 12.2. The molecular weight excluding hydrogens is 293 g/mol. The smallest absolute Gasteiger partial charge is 0.227 e. The number of carbonyl (C=O) groups is 1. The summed E-state index contributed by atoms with van der Waals surface area (Å²) in [7, 11) is 0. The van der Waals surface area contributed by atoms with Crippen molar-refractivity contribution in [3.05, 3.63) is 33.8 Å². The van der Waals surface area contributed by atoms with Gasteiger partial charge in [0.1, 0.15) is 0 Å². The summed E-state index contributed by atoms with van der Waals surface area (Å²) < 4.78 is 0. The van der Waals surface area contributed by atoms with Crippen molar-refractivity contribution in [3.63, 3.8) is 0 Å². The van der Waals surface area contributed by atoms with Gasteiger partial charge in [0.05, 0.1) is 16.5 Å². The van der Waals surface area contributed by atoms with Gasteiger partial charge in [0.2, 0.25) is 5.91 Å². The van der Waals surface area contributed by atoms with Crippen molar-refractivity contribution >= 4 is 40.7 Å². The lowest BCUT2D eigenvalue weighted by Gasteiger charge is -2.21. The fraction of sp³-hybridized carbons (Fsp3) is 0.462. The van der Waals surface area contributed by atoms with Crippen molar-refractivity contribution in [2.24, 2.45) is 0 Å². The van der Waals surface area contributed by atoms with E-state index in [1.165, 1.54) is 0 Å². The number of benzene rings is 1. The molecule has 0 saturated heterocycles. The van der Waals surface area contributed by atoms with E-state index in [-0.39, 0.29) is 5.91 Å². The SMILES string of the molecule is O=C(Cc1ccc(Cl)c(Cl)c1)N(CCCl)C1CC1. The van der Waals surface area contributed by atoms with E-state index in [0.717, 1.165) is 18.4 Å². The quantitative estimate of drug-likeness (QED) is 0.758. The number of nitrogens with zero attached hydrogens (tertiary/aromatic N) is 1. The first-order valence-electron chi connectivity index (χ1n) is 5.91. The van der Waals surface area contributed by atoms with E-state index < -0.39 is 0 Å². The Balaban J connectivity index is 2.02. The highest BCUT2D eigenvalue weighted by Gasteiger charge is 2.31. The lowest BCUT2D eigenvalue weighted by Crippen LogP contribution is -2.35. The highest BCUT2D eigenvalue weighted by atomic mass is 35.5. The molecule has 1 aromatic carbocycles. The van der Waals surface area contributed by atoms with Crippen LogP contribution in [0.1, 0.15) is 18.4 Å². The third-order valence-electron chi connectivity index (χ3n) is 2.97. The number of amides is 1. The summed E-state index contributed by atoms with van der Waals surface area (Å²) in [6.45, 7) is 0.617. The zero-order chi connectivity index (χ0) is 13.1. The molecule has 0 radical (unpaired) electrons. The Bertz CT molecular complexity index is 446. The minimum Gasteiger partial charge on any atom is -0.338 e. The lowest BCUT2D eigenvalue weighted by molar-refractivity contribution is -0.130. The fourth-order valence-electron chi connectivity index (χ4n) is 1.91. The first kappa shape index (κ1) is 14.0. The summed E-state index contributed by atoms with van der Waals surface area (Å²) in [6.07, 6.45) is 2.53. The molecule has 0 spiro atoms. The van der Waals surface area contributed by atoms with Crippen molar-refractivity contribution in [1.29, 1.82) is 0 Å². The van der Waals surface area contributed by atoms with Gasteiger partial charge in [-0.15, -0.1) is 11.6 Å². The van der Waals surface area contributed by atoms with E-state index in [4.69, 9.17) is 34.8 Å². The third kappa shape index (κ3) is 3.53. The van der Waals surface area contributed by atoms with Crippen LogP contribution in [0.3, 0.4) is 0 Å². The average Bonchev–Trinajstić information content (AvgIpc) is 3.15. The van der Waals surface area contributed by atoms with E-state index >= 15 is 0 Å². The number of alkyl halides is 1. The molecule has 0 atom stereocenters. The molecule has 2 rings (SSSR count). The van der Waals surface area contributed by atoms with Crippen LogP contribution in [0.5, 0.6) is 0 Å². The maximum atomic E-state index is 12.2. The van der Waals surface area contributed by atoms with Crippen molar-refractivity contribution in [2.75, 3.05) is 12.4 Å². The van der Waals surface area contributed by atoms with Crippen LogP contribution in [0, 0.1) is 0 Å². The second-order valence-corrected chi connectivity index (χ2v) is 5.62. The van der Waals surface area contributed by atoms with E-state index in [0.29, 0.717) is 34.9 Å². The number of halogens is 3. The van der Waals surface area contributed by atoms with Crippen molar-refractivity contribution < 1.29 is 4.79 Å². The number of hydrogen-bond donors (Lipinski definition) is 0. The molecule has 1 aliphatic rings. The van der Waals surface area contributed by atoms with Gasteiger partial charge in [0, 0.05) is 18.5 Å². The van der Waals surface area contributed by atoms with Gasteiger partial charge in [-0.3, -0.25) is 4.79 Å². The molecule has 1 fully saturated rings. The van der Waals surface area contributed by atoms with E-state index in [1.54, 1.807) is 12.1 Å². The highest BCUT2D eigenvalue weighted by Crippen LogP contribution is 2.28. The zero-order valence-electron chi connectivity index (χ0n) is 9.83. The molecule has 0 aliphatic heterocycles. The first-order valence-corrected chi connectivity index (χ1v) is 7.20. The summed E-state index contributed by atoms with van der Waals surface area (Å²) in [5, 5.41) is 0.991. The monoisotopic (exact) mass is 305 g/mol. The van der Waals surface area contributed by atoms with Crippen LogP contribution in [0.4, 0.5) is 0 Å². The Morgan fingerprint density at radius 1 is 1.28 bits per heavy atom. The molecule has 0 bridgehead atoms. The molecule has 1 aromatic rings. The normalized spacial score (nSPS) is 14.6. The van der Waals surface area contributed by atoms with E-state index in [1.807, 2.05) is 11.0 Å². The van der Waals surface area contributed by atoms with Gasteiger partial charge in [-0.2, -0.15) is 0 Å². The van der Waals surface area contributed by atoms with Crippen molar-refractivity contribution in [3.8, 4) is 0 Å².